The van der Waals surface area contributed by atoms with E-state index in [4.69, 9.17) is 5.73 Å². The SMILES string of the molecule is NCC1(NC2CCCCCC2)C2CC3CC(C2)CC1C3. The second-order valence-electron chi connectivity index (χ2n) is 8.38. The number of rotatable bonds is 3. The van der Waals surface area contributed by atoms with Crippen molar-refractivity contribution in [2.45, 2.75) is 82.2 Å². The fourth-order valence-electron chi connectivity index (χ4n) is 6.46. The summed E-state index contributed by atoms with van der Waals surface area (Å²) in [5.41, 5.74) is 6.70. The minimum Gasteiger partial charge on any atom is -0.329 e. The quantitative estimate of drug-likeness (QED) is 0.775. The highest BCUT2D eigenvalue weighted by Crippen LogP contribution is 2.58. The van der Waals surface area contributed by atoms with E-state index in [9.17, 15) is 0 Å². The van der Waals surface area contributed by atoms with Gasteiger partial charge in [-0.05, 0) is 68.6 Å². The van der Waals surface area contributed by atoms with Crippen LogP contribution in [0.2, 0.25) is 0 Å². The Balaban J connectivity index is 1.53. The Labute approximate surface area is 124 Å². The molecule has 0 aromatic heterocycles. The van der Waals surface area contributed by atoms with Crippen LogP contribution < -0.4 is 11.1 Å². The maximum absolute atomic E-state index is 6.38. The van der Waals surface area contributed by atoms with Crippen LogP contribution in [0.5, 0.6) is 0 Å². The molecule has 20 heavy (non-hydrogen) atoms. The van der Waals surface area contributed by atoms with Crippen LogP contribution in [0.3, 0.4) is 0 Å². The van der Waals surface area contributed by atoms with Gasteiger partial charge in [-0.25, -0.2) is 0 Å². The van der Waals surface area contributed by atoms with Gasteiger partial charge in [0.15, 0.2) is 0 Å². The van der Waals surface area contributed by atoms with E-state index in [1.807, 2.05) is 0 Å². The van der Waals surface area contributed by atoms with Crippen LogP contribution in [0.4, 0.5) is 0 Å². The largest absolute Gasteiger partial charge is 0.329 e. The van der Waals surface area contributed by atoms with Crippen LogP contribution in [0.25, 0.3) is 0 Å². The Morgan fingerprint density at radius 1 is 0.800 bits per heavy atom. The molecule has 5 saturated carbocycles. The lowest BCUT2D eigenvalue weighted by molar-refractivity contribution is -0.0746. The van der Waals surface area contributed by atoms with Crippen LogP contribution >= 0.6 is 0 Å². The van der Waals surface area contributed by atoms with Gasteiger partial charge in [0.2, 0.25) is 0 Å². The first-order chi connectivity index (χ1) is 9.80. The van der Waals surface area contributed by atoms with Crippen molar-refractivity contribution >= 4 is 0 Å². The lowest BCUT2D eigenvalue weighted by Crippen LogP contribution is -2.69. The molecule has 4 bridgehead atoms. The molecule has 0 atom stereocenters. The molecule has 5 aliphatic rings. The predicted octanol–water partition coefficient (Wildman–Crippen LogP) is 3.45. The van der Waals surface area contributed by atoms with Crippen LogP contribution in [-0.2, 0) is 0 Å². The molecule has 0 aromatic rings. The van der Waals surface area contributed by atoms with Crippen LogP contribution in [-0.4, -0.2) is 18.1 Å². The van der Waals surface area contributed by atoms with Gasteiger partial charge in [0.05, 0.1) is 0 Å². The summed E-state index contributed by atoms with van der Waals surface area (Å²) in [6.45, 7) is 0.887. The first kappa shape index (κ1) is 13.6. The summed E-state index contributed by atoms with van der Waals surface area (Å²) in [4.78, 5) is 0. The minimum absolute atomic E-state index is 0.322. The van der Waals surface area contributed by atoms with Gasteiger partial charge < -0.3 is 11.1 Å². The predicted molar refractivity (Wildman–Crippen MR) is 83.5 cm³/mol. The van der Waals surface area contributed by atoms with E-state index in [0.717, 1.165) is 36.3 Å². The fraction of sp³-hybridized carbons (Fsp3) is 1.00. The Bertz CT molecular complexity index is 315. The summed E-state index contributed by atoms with van der Waals surface area (Å²) in [6, 6.07) is 0.763. The molecule has 0 spiro atoms. The minimum atomic E-state index is 0.322. The van der Waals surface area contributed by atoms with Crippen molar-refractivity contribution < 1.29 is 0 Å². The summed E-state index contributed by atoms with van der Waals surface area (Å²) in [6.07, 6.45) is 16.0. The first-order valence-electron chi connectivity index (χ1n) is 9.28. The van der Waals surface area contributed by atoms with Gasteiger partial charge in [-0.1, -0.05) is 25.7 Å². The van der Waals surface area contributed by atoms with Gasteiger partial charge in [0.25, 0.3) is 0 Å². The maximum Gasteiger partial charge on any atom is 0.0363 e. The van der Waals surface area contributed by atoms with Crippen molar-refractivity contribution in [2.24, 2.45) is 29.4 Å². The lowest BCUT2D eigenvalue weighted by atomic mass is 9.48. The third-order valence-electron chi connectivity index (χ3n) is 7.26. The number of nitrogens with one attached hydrogen (secondary N) is 1. The summed E-state index contributed by atoms with van der Waals surface area (Å²) < 4.78 is 0. The van der Waals surface area contributed by atoms with Crippen LogP contribution in [0.15, 0.2) is 0 Å². The molecule has 0 unspecified atom stereocenters. The van der Waals surface area contributed by atoms with E-state index in [1.165, 1.54) is 70.6 Å². The van der Waals surface area contributed by atoms with Gasteiger partial charge in [0.1, 0.15) is 0 Å². The van der Waals surface area contributed by atoms with Crippen molar-refractivity contribution in [1.29, 1.82) is 0 Å². The van der Waals surface area contributed by atoms with Gasteiger partial charge in [-0.15, -0.1) is 0 Å². The molecule has 0 aliphatic heterocycles. The van der Waals surface area contributed by atoms with Gasteiger partial charge >= 0.3 is 0 Å². The zero-order valence-corrected chi connectivity index (χ0v) is 12.9. The summed E-state index contributed by atoms with van der Waals surface area (Å²) in [5, 5.41) is 4.18. The molecule has 0 heterocycles. The van der Waals surface area contributed by atoms with E-state index in [1.54, 1.807) is 0 Å². The molecule has 0 amide bonds. The highest BCUT2D eigenvalue weighted by molar-refractivity contribution is 5.12. The second-order valence-corrected chi connectivity index (χ2v) is 8.38. The summed E-state index contributed by atoms with van der Waals surface area (Å²) in [7, 11) is 0. The van der Waals surface area contributed by atoms with E-state index in [2.05, 4.69) is 5.32 Å². The van der Waals surface area contributed by atoms with Crippen molar-refractivity contribution in [2.75, 3.05) is 6.54 Å². The van der Waals surface area contributed by atoms with Crippen molar-refractivity contribution in [3.8, 4) is 0 Å². The molecule has 0 aromatic carbocycles. The van der Waals surface area contributed by atoms with Crippen molar-refractivity contribution in [3.05, 3.63) is 0 Å². The summed E-state index contributed by atoms with van der Waals surface area (Å²) >= 11 is 0. The molecule has 0 radical (unpaired) electrons. The van der Waals surface area contributed by atoms with E-state index in [0.29, 0.717) is 5.54 Å². The smallest absolute Gasteiger partial charge is 0.0363 e. The van der Waals surface area contributed by atoms with Crippen molar-refractivity contribution in [1.82, 2.24) is 5.32 Å². The standard InChI is InChI=1S/C18H32N2/c19-12-18(20-17-5-3-1-2-4-6-17)15-8-13-7-14(10-15)11-16(18)9-13/h13-17,20H,1-12,19H2. The molecule has 5 rings (SSSR count). The normalized spacial score (nSPS) is 48.5. The third-order valence-corrected chi connectivity index (χ3v) is 7.26. The molecular formula is C18H32N2. The van der Waals surface area contributed by atoms with E-state index >= 15 is 0 Å². The molecule has 114 valence electrons. The zero-order chi connectivity index (χ0) is 13.6. The molecule has 3 N–H and O–H groups in total. The Morgan fingerprint density at radius 2 is 1.35 bits per heavy atom. The molecule has 5 aliphatic carbocycles. The molecule has 2 heteroatoms. The average molecular weight is 276 g/mol. The average Bonchev–Trinajstić information content (AvgIpc) is 2.71. The maximum atomic E-state index is 6.38. The van der Waals surface area contributed by atoms with Gasteiger partial charge in [0, 0.05) is 18.1 Å². The highest BCUT2D eigenvalue weighted by Gasteiger charge is 2.56. The van der Waals surface area contributed by atoms with Crippen molar-refractivity contribution in [3.63, 3.8) is 0 Å². The number of hydrogen-bond acceptors (Lipinski definition) is 2. The summed E-state index contributed by atoms with van der Waals surface area (Å²) in [5.74, 6) is 3.89. The fourth-order valence-corrected chi connectivity index (χ4v) is 6.46. The number of nitrogens with two attached hydrogens (primary N) is 1. The molecular weight excluding hydrogens is 244 g/mol. The molecule has 5 fully saturated rings. The van der Waals surface area contributed by atoms with E-state index < -0.39 is 0 Å². The van der Waals surface area contributed by atoms with Gasteiger partial charge in [-0.2, -0.15) is 0 Å². The molecule has 0 saturated heterocycles. The first-order valence-corrected chi connectivity index (χ1v) is 9.28. The second kappa shape index (κ2) is 5.28. The Morgan fingerprint density at radius 3 is 1.85 bits per heavy atom. The zero-order valence-electron chi connectivity index (χ0n) is 12.9. The highest BCUT2D eigenvalue weighted by atomic mass is 15.1. The van der Waals surface area contributed by atoms with Crippen LogP contribution in [0.1, 0.15) is 70.6 Å². The van der Waals surface area contributed by atoms with Crippen LogP contribution in [0, 0.1) is 23.7 Å². The monoisotopic (exact) mass is 276 g/mol. The Kier molecular flexibility index (Phi) is 3.58. The molecule has 2 nitrogen and oxygen atoms in total. The number of hydrogen-bond donors (Lipinski definition) is 2. The van der Waals surface area contributed by atoms with Gasteiger partial charge in [-0.3, -0.25) is 0 Å². The third kappa shape index (κ3) is 2.14. The Hall–Kier alpha value is -0.0800. The van der Waals surface area contributed by atoms with E-state index in [-0.39, 0.29) is 0 Å². The lowest BCUT2D eigenvalue weighted by Gasteiger charge is -2.62. The topological polar surface area (TPSA) is 38.0 Å².